The number of hydrogen-bond acceptors (Lipinski definition) is 2. The Labute approximate surface area is 115 Å². The normalized spacial score (nSPS) is 11.9. The van der Waals surface area contributed by atoms with Crippen LogP contribution >= 0.6 is 0 Å². The number of anilines is 1. The number of primary amides is 1. The Balaban J connectivity index is 2.09. The van der Waals surface area contributed by atoms with Crippen LogP contribution in [0.25, 0.3) is 0 Å². The number of halogens is 2. The molecule has 0 bridgehead atoms. The molecule has 0 heterocycles. The predicted molar refractivity (Wildman–Crippen MR) is 73.1 cm³/mol. The van der Waals surface area contributed by atoms with Crippen molar-refractivity contribution in [2.45, 2.75) is 12.5 Å². The Morgan fingerprint density at radius 3 is 2.00 bits per heavy atom. The van der Waals surface area contributed by atoms with Gasteiger partial charge in [-0.05, 0) is 42.0 Å². The minimum absolute atomic E-state index is 0.326. The van der Waals surface area contributed by atoms with Crippen molar-refractivity contribution in [3.05, 3.63) is 65.7 Å². The van der Waals surface area contributed by atoms with Crippen LogP contribution in [0.4, 0.5) is 14.5 Å². The van der Waals surface area contributed by atoms with E-state index in [1.807, 2.05) is 0 Å². The summed E-state index contributed by atoms with van der Waals surface area (Å²) >= 11 is 0. The molecule has 1 amide bonds. The second-order valence-corrected chi connectivity index (χ2v) is 4.44. The molecule has 1 atom stereocenters. The average Bonchev–Trinajstić information content (AvgIpc) is 2.42. The van der Waals surface area contributed by atoms with E-state index in [4.69, 9.17) is 5.73 Å². The maximum atomic E-state index is 12.8. The first-order chi connectivity index (χ1) is 9.54. The molecule has 0 spiro atoms. The highest BCUT2D eigenvalue weighted by molar-refractivity contribution is 5.83. The molecule has 5 heteroatoms. The number of amides is 1. The topological polar surface area (TPSA) is 55.1 Å². The lowest BCUT2D eigenvalue weighted by Crippen LogP contribution is -2.37. The number of carbonyl (C=O) groups is 1. The van der Waals surface area contributed by atoms with Gasteiger partial charge in [0.1, 0.15) is 17.7 Å². The lowest BCUT2D eigenvalue weighted by Gasteiger charge is -2.16. The average molecular weight is 276 g/mol. The standard InChI is InChI=1S/C15H14F2N2O/c16-11-3-1-10(2-4-11)9-14(15(18)20)19-13-7-5-12(17)6-8-13/h1-8,14,19H,9H2,(H2,18,20)/t14-/m0/s1. The van der Waals surface area contributed by atoms with E-state index in [0.29, 0.717) is 12.1 Å². The summed E-state index contributed by atoms with van der Waals surface area (Å²) in [5.74, 6) is -1.22. The number of rotatable bonds is 5. The fraction of sp³-hybridized carbons (Fsp3) is 0.133. The van der Waals surface area contributed by atoms with Gasteiger partial charge in [-0.15, -0.1) is 0 Å². The van der Waals surface area contributed by atoms with E-state index in [1.54, 1.807) is 12.1 Å². The summed E-state index contributed by atoms with van der Waals surface area (Å²) in [6.45, 7) is 0. The molecule has 0 aliphatic heterocycles. The van der Waals surface area contributed by atoms with E-state index in [0.717, 1.165) is 5.56 Å². The zero-order valence-electron chi connectivity index (χ0n) is 10.6. The van der Waals surface area contributed by atoms with Crippen LogP contribution in [-0.2, 0) is 11.2 Å². The molecule has 0 radical (unpaired) electrons. The van der Waals surface area contributed by atoms with Crippen molar-refractivity contribution < 1.29 is 13.6 Å². The molecule has 2 aromatic carbocycles. The Morgan fingerprint density at radius 1 is 1.00 bits per heavy atom. The molecule has 104 valence electrons. The van der Waals surface area contributed by atoms with Gasteiger partial charge in [0.05, 0.1) is 0 Å². The first-order valence-electron chi connectivity index (χ1n) is 6.10. The Hall–Kier alpha value is -2.43. The molecule has 0 saturated carbocycles. The van der Waals surface area contributed by atoms with E-state index in [1.165, 1.54) is 36.4 Å². The van der Waals surface area contributed by atoms with Crippen molar-refractivity contribution in [1.82, 2.24) is 0 Å². The number of nitrogens with two attached hydrogens (primary N) is 1. The van der Waals surface area contributed by atoms with Crippen molar-refractivity contribution in [2.75, 3.05) is 5.32 Å². The summed E-state index contributed by atoms with van der Waals surface area (Å²) < 4.78 is 25.6. The SMILES string of the molecule is NC(=O)[C@H](Cc1ccc(F)cc1)Nc1ccc(F)cc1. The molecule has 2 aromatic rings. The highest BCUT2D eigenvalue weighted by Crippen LogP contribution is 2.13. The Morgan fingerprint density at radius 2 is 1.50 bits per heavy atom. The van der Waals surface area contributed by atoms with Gasteiger partial charge in [-0.2, -0.15) is 0 Å². The molecule has 0 fully saturated rings. The van der Waals surface area contributed by atoms with Gasteiger partial charge < -0.3 is 11.1 Å². The third-order valence-corrected chi connectivity index (χ3v) is 2.88. The van der Waals surface area contributed by atoms with Crippen molar-refractivity contribution in [3.8, 4) is 0 Å². The monoisotopic (exact) mass is 276 g/mol. The van der Waals surface area contributed by atoms with Crippen molar-refractivity contribution in [1.29, 1.82) is 0 Å². The molecule has 0 unspecified atom stereocenters. The predicted octanol–water partition coefficient (Wildman–Crippen LogP) is 2.47. The highest BCUT2D eigenvalue weighted by atomic mass is 19.1. The van der Waals surface area contributed by atoms with Crippen LogP contribution in [0.2, 0.25) is 0 Å². The van der Waals surface area contributed by atoms with E-state index < -0.39 is 11.9 Å². The fourth-order valence-electron chi connectivity index (χ4n) is 1.83. The fourth-order valence-corrected chi connectivity index (χ4v) is 1.83. The summed E-state index contributed by atoms with van der Waals surface area (Å²) in [5.41, 5.74) is 6.72. The second-order valence-electron chi connectivity index (χ2n) is 4.44. The Kier molecular flexibility index (Phi) is 4.30. The molecular formula is C15H14F2N2O. The van der Waals surface area contributed by atoms with Crippen molar-refractivity contribution in [2.24, 2.45) is 5.73 Å². The summed E-state index contributed by atoms with van der Waals surface area (Å²) in [4.78, 5) is 11.5. The number of nitrogens with one attached hydrogen (secondary N) is 1. The lowest BCUT2D eigenvalue weighted by atomic mass is 10.1. The lowest BCUT2D eigenvalue weighted by molar-refractivity contribution is -0.118. The van der Waals surface area contributed by atoms with Crippen LogP contribution < -0.4 is 11.1 Å². The van der Waals surface area contributed by atoms with Gasteiger partial charge >= 0.3 is 0 Å². The molecule has 0 aliphatic rings. The van der Waals surface area contributed by atoms with Gasteiger partial charge in [-0.25, -0.2) is 8.78 Å². The molecule has 20 heavy (non-hydrogen) atoms. The molecule has 2 rings (SSSR count). The van der Waals surface area contributed by atoms with E-state index in [2.05, 4.69) is 5.32 Å². The van der Waals surface area contributed by atoms with Gasteiger partial charge in [-0.3, -0.25) is 4.79 Å². The Bertz CT molecular complexity index is 534. The van der Waals surface area contributed by atoms with Crippen LogP contribution in [0.3, 0.4) is 0 Å². The van der Waals surface area contributed by atoms with Gasteiger partial charge in [-0.1, -0.05) is 12.1 Å². The summed E-state index contributed by atoms with van der Waals surface area (Å²) in [7, 11) is 0. The molecule has 3 nitrogen and oxygen atoms in total. The molecule has 0 aromatic heterocycles. The van der Waals surface area contributed by atoms with Crippen LogP contribution in [0.1, 0.15) is 5.56 Å². The zero-order valence-corrected chi connectivity index (χ0v) is 10.6. The number of carbonyl (C=O) groups excluding carboxylic acids is 1. The first kappa shape index (κ1) is 14.0. The number of benzene rings is 2. The summed E-state index contributed by atoms with van der Waals surface area (Å²) in [5, 5.41) is 2.93. The van der Waals surface area contributed by atoms with Crippen LogP contribution in [0.15, 0.2) is 48.5 Å². The van der Waals surface area contributed by atoms with Gasteiger partial charge in [0.2, 0.25) is 5.91 Å². The molecule has 0 aliphatic carbocycles. The van der Waals surface area contributed by atoms with Crippen LogP contribution in [0.5, 0.6) is 0 Å². The maximum Gasteiger partial charge on any atom is 0.240 e. The van der Waals surface area contributed by atoms with Crippen molar-refractivity contribution >= 4 is 11.6 Å². The highest BCUT2D eigenvalue weighted by Gasteiger charge is 2.15. The van der Waals surface area contributed by atoms with Crippen molar-refractivity contribution in [3.63, 3.8) is 0 Å². The van der Waals surface area contributed by atoms with E-state index >= 15 is 0 Å². The van der Waals surface area contributed by atoms with Crippen LogP contribution in [-0.4, -0.2) is 11.9 Å². The summed E-state index contributed by atoms with van der Waals surface area (Å²) in [6, 6.07) is 10.8. The van der Waals surface area contributed by atoms with Gasteiger partial charge in [0.25, 0.3) is 0 Å². The minimum Gasteiger partial charge on any atom is -0.373 e. The smallest absolute Gasteiger partial charge is 0.240 e. The van der Waals surface area contributed by atoms with E-state index in [9.17, 15) is 13.6 Å². The quantitative estimate of drug-likeness (QED) is 0.881. The molecule has 0 saturated heterocycles. The van der Waals surface area contributed by atoms with Gasteiger partial charge in [0, 0.05) is 12.1 Å². The summed E-state index contributed by atoms with van der Waals surface area (Å²) in [6.07, 6.45) is 0.326. The van der Waals surface area contributed by atoms with E-state index in [-0.39, 0.29) is 11.6 Å². The third kappa shape index (κ3) is 3.78. The number of hydrogen-bond donors (Lipinski definition) is 2. The molecule has 3 N–H and O–H groups in total. The van der Waals surface area contributed by atoms with Crippen LogP contribution in [0, 0.1) is 11.6 Å². The zero-order chi connectivity index (χ0) is 14.5. The maximum absolute atomic E-state index is 12.8. The second kappa shape index (κ2) is 6.14. The van der Waals surface area contributed by atoms with Gasteiger partial charge in [0.15, 0.2) is 0 Å². The first-order valence-corrected chi connectivity index (χ1v) is 6.10. The largest absolute Gasteiger partial charge is 0.373 e. The third-order valence-electron chi connectivity index (χ3n) is 2.88. The molecular weight excluding hydrogens is 262 g/mol. The minimum atomic E-state index is -0.647.